The third-order valence-corrected chi connectivity index (χ3v) is 3.85. The van der Waals surface area contributed by atoms with Crippen LogP contribution in [0.1, 0.15) is 20.7 Å². The molecule has 1 aliphatic heterocycles. The summed E-state index contributed by atoms with van der Waals surface area (Å²) < 4.78 is 31.9. The molecule has 1 heterocycles. The van der Waals surface area contributed by atoms with Crippen LogP contribution in [0.25, 0.3) is 10.8 Å². The Kier molecular flexibility index (Phi) is 2.25. The van der Waals surface area contributed by atoms with Crippen molar-refractivity contribution in [1.29, 1.82) is 0 Å². The minimum atomic E-state index is -4.59. The van der Waals surface area contributed by atoms with Crippen molar-refractivity contribution in [3.05, 3.63) is 41.5 Å². The van der Waals surface area contributed by atoms with E-state index in [2.05, 4.69) is 0 Å². The zero-order valence-corrected chi connectivity index (χ0v) is 10.2. The van der Waals surface area contributed by atoms with Gasteiger partial charge in [-0.15, -0.1) is 0 Å². The van der Waals surface area contributed by atoms with Gasteiger partial charge in [0.15, 0.2) is 0 Å². The maximum absolute atomic E-state index is 11.8. The van der Waals surface area contributed by atoms with Gasteiger partial charge in [-0.1, -0.05) is 24.3 Å². The lowest BCUT2D eigenvalue weighted by Crippen LogP contribution is -2.20. The van der Waals surface area contributed by atoms with Crippen molar-refractivity contribution >= 4 is 32.7 Å². The first-order valence-electron chi connectivity index (χ1n) is 5.28. The van der Waals surface area contributed by atoms with Crippen molar-refractivity contribution in [3.8, 4) is 0 Å². The molecular weight excluding hydrogens is 270 g/mol. The van der Waals surface area contributed by atoms with E-state index in [-0.39, 0.29) is 11.1 Å². The molecule has 2 N–H and O–H groups in total. The second-order valence-corrected chi connectivity index (χ2v) is 5.49. The van der Waals surface area contributed by atoms with Crippen LogP contribution in [0, 0.1) is 0 Å². The number of nitrogens with one attached hydrogen (secondary N) is 1. The first-order valence-corrected chi connectivity index (χ1v) is 6.72. The number of imide groups is 1. The van der Waals surface area contributed by atoms with Gasteiger partial charge in [0.25, 0.3) is 21.9 Å². The van der Waals surface area contributed by atoms with Crippen molar-refractivity contribution in [1.82, 2.24) is 5.32 Å². The van der Waals surface area contributed by atoms with Crippen molar-refractivity contribution in [2.24, 2.45) is 0 Å². The molecule has 0 bridgehead atoms. The molecule has 0 unspecified atom stereocenters. The summed E-state index contributed by atoms with van der Waals surface area (Å²) in [5.74, 6) is -1.49. The Morgan fingerprint density at radius 1 is 1.00 bits per heavy atom. The Labute approximate surface area is 107 Å². The molecule has 7 heteroatoms. The Hall–Kier alpha value is -2.25. The minimum absolute atomic E-state index is 0.0178. The number of hydrogen-bond acceptors (Lipinski definition) is 4. The van der Waals surface area contributed by atoms with Gasteiger partial charge in [-0.3, -0.25) is 19.5 Å². The van der Waals surface area contributed by atoms with Crippen LogP contribution in [0.2, 0.25) is 0 Å². The number of carbonyl (C=O) groups is 2. The Morgan fingerprint density at radius 2 is 1.63 bits per heavy atom. The lowest BCUT2D eigenvalue weighted by Gasteiger charge is -2.06. The van der Waals surface area contributed by atoms with Crippen molar-refractivity contribution in [3.63, 3.8) is 0 Å². The molecule has 1 aliphatic rings. The lowest BCUT2D eigenvalue weighted by atomic mass is 10.0. The van der Waals surface area contributed by atoms with Crippen LogP contribution in [0.3, 0.4) is 0 Å². The summed E-state index contributed by atoms with van der Waals surface area (Å²) in [5, 5.41) is 2.96. The molecular formula is C12H7NO5S. The molecule has 0 saturated heterocycles. The van der Waals surface area contributed by atoms with Gasteiger partial charge in [-0.2, -0.15) is 8.42 Å². The van der Waals surface area contributed by atoms with Gasteiger partial charge in [0.05, 0.1) is 11.1 Å². The van der Waals surface area contributed by atoms with Crippen LogP contribution in [-0.4, -0.2) is 24.8 Å². The third-order valence-electron chi connectivity index (χ3n) is 2.97. The average Bonchev–Trinajstić information content (AvgIpc) is 2.63. The lowest BCUT2D eigenvalue weighted by molar-refractivity contribution is 0.0879. The van der Waals surface area contributed by atoms with Gasteiger partial charge in [-0.25, -0.2) is 0 Å². The maximum atomic E-state index is 11.8. The van der Waals surface area contributed by atoms with Crippen LogP contribution >= 0.6 is 0 Å². The molecule has 0 spiro atoms. The average molecular weight is 277 g/mol. The molecule has 2 aromatic carbocycles. The second-order valence-electron chi connectivity index (χ2n) is 4.10. The van der Waals surface area contributed by atoms with E-state index < -0.39 is 26.8 Å². The van der Waals surface area contributed by atoms with Crippen molar-refractivity contribution in [2.75, 3.05) is 0 Å². The zero-order chi connectivity index (χ0) is 13.8. The van der Waals surface area contributed by atoms with Crippen molar-refractivity contribution < 1.29 is 22.6 Å². The first-order chi connectivity index (χ1) is 8.89. The van der Waals surface area contributed by atoms with E-state index in [0.29, 0.717) is 10.8 Å². The van der Waals surface area contributed by atoms with Gasteiger partial charge in [0.2, 0.25) is 0 Å². The van der Waals surface area contributed by atoms with Crippen LogP contribution < -0.4 is 5.32 Å². The summed E-state index contributed by atoms with van der Waals surface area (Å²) in [4.78, 5) is 22.9. The standard InChI is InChI=1S/C12H7NO5S/c14-11-9-7-4-2-1-3-6(7)5-8(19(16,17)18)10(9)12(15)13-11/h1-5H,(H,13,14,15)(H,16,17,18). The molecule has 6 nitrogen and oxygen atoms in total. The van der Waals surface area contributed by atoms with Gasteiger partial charge in [-0.05, 0) is 16.8 Å². The number of benzene rings is 2. The normalized spacial score (nSPS) is 14.6. The monoisotopic (exact) mass is 277 g/mol. The molecule has 3 rings (SSSR count). The van der Waals surface area contributed by atoms with Crippen LogP contribution in [-0.2, 0) is 10.1 Å². The van der Waals surface area contributed by atoms with E-state index in [4.69, 9.17) is 0 Å². The third kappa shape index (κ3) is 1.63. The molecule has 2 amide bonds. The topological polar surface area (TPSA) is 101 Å². The molecule has 0 aliphatic carbocycles. The first kappa shape index (κ1) is 11.8. The molecule has 0 aromatic heterocycles. The number of rotatable bonds is 1. The van der Waals surface area contributed by atoms with Gasteiger partial charge < -0.3 is 0 Å². The number of fused-ring (bicyclic) bond motifs is 3. The predicted molar refractivity (Wildman–Crippen MR) is 65.6 cm³/mol. The Bertz CT molecular complexity index is 854. The fourth-order valence-corrected chi connectivity index (χ4v) is 2.94. The fraction of sp³-hybridized carbons (Fsp3) is 0. The van der Waals surface area contributed by atoms with Crippen LogP contribution in [0.4, 0.5) is 0 Å². The smallest absolute Gasteiger partial charge is 0.288 e. The van der Waals surface area contributed by atoms with Gasteiger partial charge in [0.1, 0.15) is 4.90 Å². The maximum Gasteiger partial charge on any atom is 0.295 e. The highest BCUT2D eigenvalue weighted by Crippen LogP contribution is 2.31. The molecule has 0 atom stereocenters. The number of amides is 2. The molecule has 0 fully saturated rings. The minimum Gasteiger partial charge on any atom is -0.288 e. The van der Waals surface area contributed by atoms with E-state index in [9.17, 15) is 22.6 Å². The van der Waals surface area contributed by atoms with E-state index >= 15 is 0 Å². The largest absolute Gasteiger partial charge is 0.295 e. The van der Waals surface area contributed by atoms with E-state index in [0.717, 1.165) is 0 Å². The second kappa shape index (κ2) is 3.62. The quantitative estimate of drug-likeness (QED) is 0.597. The summed E-state index contributed by atoms with van der Waals surface area (Å²) in [6.45, 7) is 0. The highest BCUT2D eigenvalue weighted by atomic mass is 32.2. The van der Waals surface area contributed by atoms with Crippen molar-refractivity contribution in [2.45, 2.75) is 4.90 Å². The summed E-state index contributed by atoms with van der Waals surface area (Å²) in [7, 11) is -4.59. The molecule has 19 heavy (non-hydrogen) atoms. The highest BCUT2D eigenvalue weighted by molar-refractivity contribution is 7.86. The molecule has 0 radical (unpaired) electrons. The van der Waals surface area contributed by atoms with E-state index in [1.807, 2.05) is 5.32 Å². The summed E-state index contributed by atoms with van der Waals surface area (Å²) in [5.41, 5.74) is -0.318. The SMILES string of the molecule is O=C1NC(=O)c2c1c(S(=O)(=O)O)cc1ccccc21. The summed E-state index contributed by atoms with van der Waals surface area (Å²) in [6.07, 6.45) is 0. The Morgan fingerprint density at radius 3 is 2.32 bits per heavy atom. The summed E-state index contributed by atoms with van der Waals surface area (Å²) in [6, 6.07) is 7.73. The molecule has 2 aromatic rings. The number of carbonyl (C=O) groups excluding carboxylic acids is 2. The molecule has 0 saturated carbocycles. The van der Waals surface area contributed by atoms with E-state index in [1.165, 1.54) is 6.07 Å². The van der Waals surface area contributed by atoms with Gasteiger partial charge in [0, 0.05) is 0 Å². The van der Waals surface area contributed by atoms with Crippen LogP contribution in [0.5, 0.6) is 0 Å². The molecule has 96 valence electrons. The summed E-state index contributed by atoms with van der Waals surface area (Å²) >= 11 is 0. The van der Waals surface area contributed by atoms with Crippen LogP contribution in [0.15, 0.2) is 35.2 Å². The Balaban J connectivity index is 2.58. The zero-order valence-electron chi connectivity index (χ0n) is 9.38. The van der Waals surface area contributed by atoms with Gasteiger partial charge >= 0.3 is 0 Å². The number of hydrogen-bond donors (Lipinski definition) is 2. The van der Waals surface area contributed by atoms with E-state index in [1.54, 1.807) is 24.3 Å². The fourth-order valence-electron chi connectivity index (χ4n) is 2.21. The highest BCUT2D eigenvalue weighted by Gasteiger charge is 2.35. The predicted octanol–water partition coefficient (Wildman–Crippen LogP) is 0.970.